The van der Waals surface area contributed by atoms with Crippen molar-refractivity contribution >= 4 is 17.2 Å². The molecule has 4 rings (SSSR count). The number of imidazole rings is 1. The van der Waals surface area contributed by atoms with Gasteiger partial charge in [0.15, 0.2) is 0 Å². The van der Waals surface area contributed by atoms with Gasteiger partial charge in [0.05, 0.1) is 17.7 Å². The number of pyridine rings is 1. The van der Waals surface area contributed by atoms with Crippen LogP contribution in [0.15, 0.2) is 42.4 Å². The molecular weight excluding hydrogens is 346 g/mol. The highest BCUT2D eigenvalue weighted by molar-refractivity contribution is 7.11. The maximum absolute atomic E-state index is 12.8. The van der Waals surface area contributed by atoms with Gasteiger partial charge in [-0.25, -0.2) is 9.97 Å². The van der Waals surface area contributed by atoms with Crippen molar-refractivity contribution < 1.29 is 4.79 Å². The number of carbonyl (C=O) groups is 1. The first-order valence-electron chi connectivity index (χ1n) is 8.81. The summed E-state index contributed by atoms with van der Waals surface area (Å²) in [5, 5.41) is 0. The summed E-state index contributed by atoms with van der Waals surface area (Å²) in [5.41, 5.74) is 3.71. The number of thiazole rings is 1. The van der Waals surface area contributed by atoms with Gasteiger partial charge in [-0.15, -0.1) is 11.3 Å². The molecule has 26 heavy (non-hydrogen) atoms. The van der Waals surface area contributed by atoms with E-state index in [9.17, 15) is 4.79 Å². The molecule has 0 spiro atoms. The molecule has 4 heterocycles. The largest absolute Gasteiger partial charge is 0.337 e. The summed E-state index contributed by atoms with van der Waals surface area (Å²) >= 11 is 1.42. The van der Waals surface area contributed by atoms with Gasteiger partial charge in [0.2, 0.25) is 0 Å². The molecule has 1 aliphatic rings. The highest BCUT2D eigenvalue weighted by Crippen LogP contribution is 2.28. The highest BCUT2D eigenvalue weighted by Gasteiger charge is 2.29. The van der Waals surface area contributed by atoms with Crippen molar-refractivity contribution in [2.75, 3.05) is 13.1 Å². The number of rotatable bonds is 4. The Bertz CT molecular complexity index is 888. The van der Waals surface area contributed by atoms with E-state index >= 15 is 0 Å². The molecule has 1 amide bonds. The molecule has 3 aromatic heterocycles. The maximum atomic E-state index is 12.8. The van der Waals surface area contributed by atoms with Crippen LogP contribution in [0.2, 0.25) is 0 Å². The molecule has 0 aliphatic carbocycles. The van der Waals surface area contributed by atoms with Crippen LogP contribution in [0, 0.1) is 6.92 Å². The number of likely N-dealkylation sites (tertiary alicyclic amines) is 1. The highest BCUT2D eigenvalue weighted by atomic mass is 32.1. The van der Waals surface area contributed by atoms with Crippen molar-refractivity contribution in [2.24, 2.45) is 0 Å². The second kappa shape index (κ2) is 7.37. The lowest BCUT2D eigenvalue weighted by molar-refractivity contribution is 0.0707. The van der Waals surface area contributed by atoms with Crippen LogP contribution in [0.4, 0.5) is 0 Å². The fourth-order valence-corrected chi connectivity index (χ4v) is 4.30. The zero-order valence-corrected chi connectivity index (χ0v) is 15.5. The minimum atomic E-state index is 0.0973. The Balaban J connectivity index is 1.51. The predicted molar refractivity (Wildman–Crippen MR) is 100 cm³/mol. The minimum Gasteiger partial charge on any atom is -0.337 e. The molecule has 0 unspecified atom stereocenters. The third-order valence-corrected chi connectivity index (χ3v) is 5.75. The van der Waals surface area contributed by atoms with E-state index in [1.807, 2.05) is 36.5 Å². The van der Waals surface area contributed by atoms with E-state index in [-0.39, 0.29) is 11.8 Å². The molecule has 1 atom stereocenters. The number of carbonyl (C=O) groups excluding carboxylic acids is 1. The summed E-state index contributed by atoms with van der Waals surface area (Å²) < 4.78 is 2.17. The van der Waals surface area contributed by atoms with Crippen LogP contribution in [0.3, 0.4) is 0 Å². The Morgan fingerprint density at radius 2 is 2.27 bits per heavy atom. The first kappa shape index (κ1) is 16.9. The molecule has 1 fully saturated rings. The summed E-state index contributed by atoms with van der Waals surface area (Å²) in [7, 11) is 0. The second-order valence-corrected chi connectivity index (χ2v) is 7.49. The monoisotopic (exact) mass is 367 g/mol. The van der Waals surface area contributed by atoms with Gasteiger partial charge in [-0.2, -0.15) is 0 Å². The molecule has 3 aromatic rings. The number of aryl methyl sites for hydroxylation is 1. The van der Waals surface area contributed by atoms with Crippen LogP contribution in [0.1, 0.15) is 45.5 Å². The molecule has 1 saturated heterocycles. The predicted octanol–water partition coefficient (Wildman–Crippen LogP) is 3.11. The third-order valence-electron chi connectivity index (χ3n) is 4.84. The summed E-state index contributed by atoms with van der Waals surface area (Å²) in [6.45, 7) is 4.16. The molecule has 0 radical (unpaired) electrons. The number of nitrogens with zero attached hydrogens (tertiary/aromatic N) is 5. The van der Waals surface area contributed by atoms with Crippen molar-refractivity contribution in [1.29, 1.82) is 0 Å². The summed E-state index contributed by atoms with van der Waals surface area (Å²) in [6.07, 6.45) is 9.57. The topological polar surface area (TPSA) is 63.9 Å². The average Bonchev–Trinajstić information content (AvgIpc) is 3.31. The Morgan fingerprint density at radius 1 is 1.35 bits per heavy atom. The lowest BCUT2D eigenvalue weighted by Crippen LogP contribution is -2.39. The maximum Gasteiger partial charge on any atom is 0.265 e. The summed E-state index contributed by atoms with van der Waals surface area (Å²) in [6, 6.07) is 4.02. The van der Waals surface area contributed by atoms with Crippen molar-refractivity contribution in [3.63, 3.8) is 0 Å². The zero-order chi connectivity index (χ0) is 17.9. The van der Waals surface area contributed by atoms with E-state index in [0.29, 0.717) is 6.54 Å². The average molecular weight is 367 g/mol. The number of hydrogen-bond acceptors (Lipinski definition) is 5. The van der Waals surface area contributed by atoms with E-state index in [2.05, 4.69) is 25.6 Å². The molecule has 7 heteroatoms. The quantitative estimate of drug-likeness (QED) is 0.711. The van der Waals surface area contributed by atoms with Crippen LogP contribution in [-0.2, 0) is 6.54 Å². The van der Waals surface area contributed by atoms with Crippen molar-refractivity contribution in [3.8, 4) is 0 Å². The van der Waals surface area contributed by atoms with Gasteiger partial charge in [0, 0.05) is 43.8 Å². The van der Waals surface area contributed by atoms with Crippen molar-refractivity contribution in [3.05, 3.63) is 64.4 Å². The normalized spacial score (nSPS) is 17.4. The van der Waals surface area contributed by atoms with Gasteiger partial charge >= 0.3 is 0 Å². The van der Waals surface area contributed by atoms with E-state index < -0.39 is 0 Å². The Kier molecular flexibility index (Phi) is 4.79. The molecule has 0 N–H and O–H groups in total. The first-order chi connectivity index (χ1) is 12.7. The fraction of sp³-hybridized carbons (Fsp3) is 0.368. The summed E-state index contributed by atoms with van der Waals surface area (Å²) in [4.78, 5) is 28.5. The number of aromatic nitrogens is 4. The van der Waals surface area contributed by atoms with Gasteiger partial charge in [0.25, 0.3) is 5.91 Å². The smallest absolute Gasteiger partial charge is 0.265 e. The molecule has 1 aliphatic heterocycles. The number of piperidine rings is 1. The van der Waals surface area contributed by atoms with Crippen molar-refractivity contribution in [1.82, 2.24) is 24.4 Å². The fourth-order valence-electron chi connectivity index (χ4n) is 3.53. The van der Waals surface area contributed by atoms with E-state index in [4.69, 9.17) is 0 Å². The van der Waals surface area contributed by atoms with E-state index in [0.717, 1.165) is 47.9 Å². The Hall–Kier alpha value is -2.54. The molecule has 0 saturated carbocycles. The lowest BCUT2D eigenvalue weighted by Gasteiger charge is -2.32. The van der Waals surface area contributed by atoms with Crippen LogP contribution in [0.5, 0.6) is 0 Å². The minimum absolute atomic E-state index is 0.0973. The third kappa shape index (κ3) is 3.39. The van der Waals surface area contributed by atoms with Crippen LogP contribution in [-0.4, -0.2) is 43.4 Å². The van der Waals surface area contributed by atoms with Gasteiger partial charge < -0.3 is 9.47 Å². The Labute approximate surface area is 156 Å². The SMILES string of the molecule is Cc1ncsc1C(=O)N1CCC[C@H](c2nccn2Cc2cccnc2)C1. The van der Waals surface area contributed by atoms with Crippen LogP contribution in [0.25, 0.3) is 0 Å². The van der Waals surface area contributed by atoms with Gasteiger partial charge in [0.1, 0.15) is 10.7 Å². The molecule has 0 aromatic carbocycles. The zero-order valence-electron chi connectivity index (χ0n) is 14.7. The van der Waals surface area contributed by atoms with E-state index in [1.54, 1.807) is 11.7 Å². The Morgan fingerprint density at radius 3 is 3.04 bits per heavy atom. The number of amides is 1. The second-order valence-electron chi connectivity index (χ2n) is 6.63. The van der Waals surface area contributed by atoms with Crippen molar-refractivity contribution in [2.45, 2.75) is 32.2 Å². The number of hydrogen-bond donors (Lipinski definition) is 0. The van der Waals surface area contributed by atoms with Gasteiger partial charge in [-0.3, -0.25) is 9.78 Å². The molecule has 6 nitrogen and oxygen atoms in total. The first-order valence-corrected chi connectivity index (χ1v) is 9.69. The van der Waals surface area contributed by atoms with Crippen LogP contribution < -0.4 is 0 Å². The lowest BCUT2D eigenvalue weighted by atomic mass is 9.96. The summed E-state index contributed by atoms with van der Waals surface area (Å²) in [5.74, 6) is 1.40. The molecule has 134 valence electrons. The van der Waals surface area contributed by atoms with Gasteiger partial charge in [-0.1, -0.05) is 6.07 Å². The van der Waals surface area contributed by atoms with Gasteiger partial charge in [-0.05, 0) is 31.4 Å². The standard InChI is InChI=1S/C19H21N5OS/c1-14-17(26-13-22-14)19(25)24-8-3-5-16(12-24)18-21-7-9-23(18)11-15-4-2-6-20-10-15/h2,4,6-7,9-10,13,16H,3,5,8,11-12H2,1H3/t16-/m0/s1. The molecular formula is C19H21N5OS. The molecule has 0 bridgehead atoms. The van der Waals surface area contributed by atoms with E-state index in [1.165, 1.54) is 11.3 Å². The van der Waals surface area contributed by atoms with Crippen LogP contribution >= 0.6 is 11.3 Å².